The molecular formula is C27H32N2O5. The highest BCUT2D eigenvalue weighted by atomic mass is 16.5. The zero-order valence-electron chi connectivity index (χ0n) is 20.3. The van der Waals surface area contributed by atoms with Gasteiger partial charge in [-0.3, -0.25) is 9.59 Å². The largest absolute Gasteiger partial charge is 0.493 e. The van der Waals surface area contributed by atoms with E-state index in [1.807, 2.05) is 32.3 Å². The van der Waals surface area contributed by atoms with Gasteiger partial charge in [0.05, 0.1) is 30.7 Å². The van der Waals surface area contributed by atoms with E-state index in [2.05, 4.69) is 11.8 Å². The van der Waals surface area contributed by atoms with E-state index >= 15 is 0 Å². The van der Waals surface area contributed by atoms with Gasteiger partial charge in [-0.2, -0.15) is 0 Å². The zero-order valence-corrected chi connectivity index (χ0v) is 20.3. The van der Waals surface area contributed by atoms with Crippen molar-refractivity contribution in [3.8, 4) is 11.5 Å². The lowest BCUT2D eigenvalue weighted by molar-refractivity contribution is 0.0722. The van der Waals surface area contributed by atoms with Crippen LogP contribution < -0.4 is 14.9 Å². The number of para-hydroxylation sites is 1. The fraction of sp³-hybridized carbons (Fsp3) is 0.407. The van der Waals surface area contributed by atoms with Gasteiger partial charge >= 0.3 is 0 Å². The Labute approximate surface area is 199 Å². The van der Waals surface area contributed by atoms with Crippen LogP contribution in [0.15, 0.2) is 51.7 Å². The summed E-state index contributed by atoms with van der Waals surface area (Å²) in [6.07, 6.45) is 2.75. The van der Waals surface area contributed by atoms with Gasteiger partial charge in [0.1, 0.15) is 5.58 Å². The number of hydrogen-bond acceptors (Lipinski definition) is 6. The second kappa shape index (κ2) is 10.3. The van der Waals surface area contributed by atoms with Crippen LogP contribution in [0, 0.1) is 0 Å². The molecule has 0 aliphatic carbocycles. The molecule has 1 aliphatic heterocycles. The molecule has 0 bridgehead atoms. The number of nitrogens with zero attached hydrogens (tertiary/aromatic N) is 2. The maximum Gasteiger partial charge on any atom is 0.290 e. The summed E-state index contributed by atoms with van der Waals surface area (Å²) in [4.78, 5) is 30.9. The lowest BCUT2D eigenvalue weighted by Crippen LogP contribution is -2.32. The van der Waals surface area contributed by atoms with Gasteiger partial charge in [-0.05, 0) is 63.3 Å². The molecule has 0 fully saturated rings. The van der Waals surface area contributed by atoms with Crippen LogP contribution in [0.3, 0.4) is 0 Å². The van der Waals surface area contributed by atoms with Crippen molar-refractivity contribution in [2.45, 2.75) is 32.2 Å². The second-order valence-electron chi connectivity index (χ2n) is 8.84. The summed E-state index contributed by atoms with van der Waals surface area (Å²) in [5, 5.41) is 0.473. The molecule has 1 amide bonds. The minimum Gasteiger partial charge on any atom is -0.493 e. The highest BCUT2D eigenvalue weighted by Crippen LogP contribution is 2.41. The van der Waals surface area contributed by atoms with E-state index in [9.17, 15) is 9.59 Å². The first-order valence-corrected chi connectivity index (χ1v) is 11.8. The van der Waals surface area contributed by atoms with Crippen molar-refractivity contribution in [1.29, 1.82) is 0 Å². The molecule has 2 aromatic carbocycles. The van der Waals surface area contributed by atoms with Crippen molar-refractivity contribution in [3.05, 3.63) is 69.6 Å². The lowest BCUT2D eigenvalue weighted by Gasteiger charge is -2.26. The topological polar surface area (TPSA) is 72.2 Å². The molecule has 7 heteroatoms. The highest BCUT2D eigenvalue weighted by Gasteiger charge is 2.42. The van der Waals surface area contributed by atoms with Gasteiger partial charge in [-0.15, -0.1) is 0 Å². The van der Waals surface area contributed by atoms with Gasteiger partial charge < -0.3 is 23.7 Å². The van der Waals surface area contributed by atoms with Crippen LogP contribution >= 0.6 is 0 Å². The third-order valence-electron chi connectivity index (χ3n) is 6.14. The standard InChI is InChI=1S/C27H32N2O5/c1-5-6-16-33-21-13-12-18(17-22(21)32-4)24-23-25(30)19-10-7-8-11-20(19)34-26(23)27(31)29(24)15-9-14-28(2)3/h7-8,10-13,17,24H,5-6,9,14-16H2,1-4H3. The van der Waals surface area contributed by atoms with Gasteiger partial charge in [0.2, 0.25) is 5.76 Å². The summed E-state index contributed by atoms with van der Waals surface area (Å²) >= 11 is 0. The van der Waals surface area contributed by atoms with Crippen molar-refractivity contribution < 1.29 is 18.7 Å². The number of fused-ring (bicyclic) bond motifs is 2. The van der Waals surface area contributed by atoms with Crippen molar-refractivity contribution in [2.75, 3.05) is 40.9 Å². The van der Waals surface area contributed by atoms with E-state index in [1.54, 1.807) is 36.3 Å². The van der Waals surface area contributed by atoms with Gasteiger partial charge in [-0.25, -0.2) is 0 Å². The second-order valence-corrected chi connectivity index (χ2v) is 8.84. The molecule has 4 rings (SSSR count). The van der Waals surface area contributed by atoms with Gasteiger partial charge in [0.15, 0.2) is 16.9 Å². The summed E-state index contributed by atoms with van der Waals surface area (Å²) in [5.74, 6) is 1.09. The Kier molecular flexibility index (Phi) is 7.22. The van der Waals surface area contributed by atoms with Crippen LogP contribution in [0.4, 0.5) is 0 Å². The molecule has 1 atom stereocenters. The number of carbonyl (C=O) groups excluding carboxylic acids is 1. The average Bonchev–Trinajstić information content (AvgIpc) is 3.11. The lowest BCUT2D eigenvalue weighted by atomic mass is 9.98. The predicted molar refractivity (Wildman–Crippen MR) is 132 cm³/mol. The third kappa shape index (κ3) is 4.53. The fourth-order valence-corrected chi connectivity index (χ4v) is 4.40. The molecule has 0 radical (unpaired) electrons. The van der Waals surface area contributed by atoms with Gasteiger partial charge in [0.25, 0.3) is 5.91 Å². The molecule has 2 heterocycles. The number of rotatable bonds is 10. The maximum atomic E-state index is 13.6. The molecule has 0 saturated carbocycles. The molecule has 3 aromatic rings. The number of carbonyl (C=O) groups is 1. The Hall–Kier alpha value is -3.32. The van der Waals surface area contributed by atoms with E-state index in [0.717, 1.165) is 31.4 Å². The van der Waals surface area contributed by atoms with Crippen molar-refractivity contribution in [2.24, 2.45) is 0 Å². The SMILES string of the molecule is CCCCOc1ccc(C2c3c(oc4ccccc4c3=O)C(=O)N2CCCN(C)C)cc1OC. The summed E-state index contributed by atoms with van der Waals surface area (Å²) in [6.45, 7) is 4.03. The Morgan fingerprint density at radius 1 is 1.06 bits per heavy atom. The molecule has 7 nitrogen and oxygen atoms in total. The van der Waals surface area contributed by atoms with Crippen LogP contribution in [0.25, 0.3) is 11.0 Å². The predicted octanol–water partition coefficient (Wildman–Crippen LogP) is 4.48. The molecule has 1 aromatic heterocycles. The first-order valence-electron chi connectivity index (χ1n) is 11.8. The number of unbranched alkanes of at least 4 members (excludes halogenated alkanes) is 1. The monoisotopic (exact) mass is 464 g/mol. The third-order valence-corrected chi connectivity index (χ3v) is 6.14. The van der Waals surface area contributed by atoms with E-state index in [4.69, 9.17) is 13.9 Å². The first-order chi connectivity index (χ1) is 16.5. The van der Waals surface area contributed by atoms with Crippen molar-refractivity contribution >= 4 is 16.9 Å². The Morgan fingerprint density at radius 3 is 2.59 bits per heavy atom. The normalized spacial score (nSPS) is 15.3. The molecular weight excluding hydrogens is 432 g/mol. The molecule has 0 saturated heterocycles. The summed E-state index contributed by atoms with van der Waals surface area (Å²) in [6, 6.07) is 12.1. The minimum absolute atomic E-state index is 0.126. The van der Waals surface area contributed by atoms with E-state index in [1.165, 1.54) is 0 Å². The maximum absolute atomic E-state index is 13.6. The number of ether oxygens (including phenoxy) is 2. The molecule has 0 spiro atoms. The molecule has 180 valence electrons. The number of amides is 1. The Balaban J connectivity index is 1.80. The summed E-state index contributed by atoms with van der Waals surface area (Å²) < 4.78 is 17.5. The Bertz CT molecular complexity index is 1230. The van der Waals surface area contributed by atoms with E-state index in [-0.39, 0.29) is 17.1 Å². The number of hydrogen-bond donors (Lipinski definition) is 0. The quantitative estimate of drug-likeness (QED) is 0.412. The molecule has 34 heavy (non-hydrogen) atoms. The smallest absolute Gasteiger partial charge is 0.290 e. The number of methoxy groups -OCH3 is 1. The summed E-state index contributed by atoms with van der Waals surface area (Å²) in [7, 11) is 5.59. The van der Waals surface area contributed by atoms with E-state index in [0.29, 0.717) is 41.2 Å². The molecule has 0 N–H and O–H groups in total. The molecule has 1 unspecified atom stereocenters. The zero-order chi connectivity index (χ0) is 24.2. The van der Waals surface area contributed by atoms with E-state index < -0.39 is 6.04 Å². The molecule has 1 aliphatic rings. The minimum atomic E-state index is -0.552. The van der Waals surface area contributed by atoms with Crippen LogP contribution in [0.2, 0.25) is 0 Å². The van der Waals surface area contributed by atoms with Crippen LogP contribution in [0.1, 0.15) is 53.9 Å². The van der Waals surface area contributed by atoms with Crippen LogP contribution in [-0.2, 0) is 0 Å². The van der Waals surface area contributed by atoms with Gasteiger partial charge in [0, 0.05) is 6.54 Å². The van der Waals surface area contributed by atoms with Crippen LogP contribution in [0.5, 0.6) is 11.5 Å². The highest BCUT2D eigenvalue weighted by molar-refractivity contribution is 5.99. The average molecular weight is 465 g/mol. The first kappa shape index (κ1) is 23.8. The Morgan fingerprint density at radius 2 is 1.85 bits per heavy atom. The van der Waals surface area contributed by atoms with Crippen LogP contribution in [-0.4, -0.2) is 56.6 Å². The summed E-state index contributed by atoms with van der Waals surface area (Å²) in [5.41, 5.74) is 1.42. The van der Waals surface area contributed by atoms with Gasteiger partial charge in [-0.1, -0.05) is 31.5 Å². The number of benzene rings is 2. The van der Waals surface area contributed by atoms with Crippen molar-refractivity contribution in [3.63, 3.8) is 0 Å². The van der Waals surface area contributed by atoms with Crippen molar-refractivity contribution in [1.82, 2.24) is 9.80 Å². The fourth-order valence-electron chi connectivity index (χ4n) is 4.40.